The lowest BCUT2D eigenvalue weighted by atomic mass is 9.97. The van der Waals surface area contributed by atoms with Gasteiger partial charge in [0.1, 0.15) is 5.82 Å². The van der Waals surface area contributed by atoms with E-state index in [2.05, 4.69) is 9.97 Å². The summed E-state index contributed by atoms with van der Waals surface area (Å²) in [6, 6.07) is 5.85. The molecule has 1 fully saturated rings. The fourth-order valence-corrected chi connectivity index (χ4v) is 4.55. The van der Waals surface area contributed by atoms with Crippen molar-refractivity contribution in [2.75, 3.05) is 31.7 Å². The van der Waals surface area contributed by atoms with Crippen LogP contribution in [0.25, 0.3) is 17.3 Å². The van der Waals surface area contributed by atoms with Crippen LogP contribution < -0.4 is 4.31 Å². The zero-order chi connectivity index (χ0) is 28.4. The summed E-state index contributed by atoms with van der Waals surface area (Å²) in [6.45, 7) is 7.52. The van der Waals surface area contributed by atoms with Crippen molar-refractivity contribution in [2.24, 2.45) is 0 Å². The summed E-state index contributed by atoms with van der Waals surface area (Å²) >= 11 is 0. The summed E-state index contributed by atoms with van der Waals surface area (Å²) in [7, 11) is 1.19. The van der Waals surface area contributed by atoms with E-state index in [0.29, 0.717) is 28.9 Å². The highest BCUT2D eigenvalue weighted by atomic mass is 32.2. The van der Waals surface area contributed by atoms with E-state index >= 15 is 0 Å². The van der Waals surface area contributed by atoms with Gasteiger partial charge in [0.05, 0.1) is 36.3 Å². The van der Waals surface area contributed by atoms with E-state index in [9.17, 15) is 17.6 Å². The molecule has 2 atom stereocenters. The number of aromatic nitrogens is 2. The molecule has 9 nitrogen and oxygen atoms in total. The summed E-state index contributed by atoms with van der Waals surface area (Å²) in [5, 5.41) is 0. The van der Waals surface area contributed by atoms with Gasteiger partial charge in [-0.15, -0.1) is 0 Å². The van der Waals surface area contributed by atoms with Crippen LogP contribution >= 0.6 is 0 Å². The molecule has 0 radical (unpaired) electrons. The second-order valence-electron chi connectivity index (χ2n) is 10.4. The van der Waals surface area contributed by atoms with Crippen molar-refractivity contribution < 1.29 is 27.1 Å². The van der Waals surface area contributed by atoms with Crippen molar-refractivity contribution in [3.05, 3.63) is 47.4 Å². The lowest BCUT2D eigenvalue weighted by Gasteiger charge is -2.40. The molecule has 1 aromatic carbocycles. The number of halogens is 1. The Morgan fingerprint density at radius 2 is 1.79 bits per heavy atom. The molecule has 1 aliphatic rings. The number of anilines is 1. The number of hydrogen-bond acceptors (Lipinski definition) is 7. The molecule has 2 heterocycles. The van der Waals surface area contributed by atoms with Gasteiger partial charge in [0, 0.05) is 38.7 Å². The fraction of sp³-hybridized carbons (Fsp3) is 0.519. The first-order valence-electron chi connectivity index (χ1n) is 12.4. The number of sulfonamides is 1. The van der Waals surface area contributed by atoms with Gasteiger partial charge in [-0.3, -0.25) is 4.79 Å². The Labute approximate surface area is 224 Å². The third-order valence-corrected chi connectivity index (χ3v) is 7.32. The molecule has 0 saturated carbocycles. The standard InChI is InChI=1S/C27H37FN4O5S/c1-17(2)24-22(14-13-20-15-21(16-23(33)31(5)6)37-27(3,4)36-20)25(18-9-11-19(28)12-10-18)30-26(29-24)32(7)38(8,34)35/h9-14,17,20-21H,15-16H2,1-8H3. The van der Waals surface area contributed by atoms with E-state index in [4.69, 9.17) is 9.47 Å². The van der Waals surface area contributed by atoms with Gasteiger partial charge >= 0.3 is 0 Å². The van der Waals surface area contributed by atoms with Gasteiger partial charge < -0.3 is 14.4 Å². The summed E-state index contributed by atoms with van der Waals surface area (Å²) < 4.78 is 51.4. The minimum atomic E-state index is -3.62. The number of carbonyl (C=O) groups excluding carboxylic acids is 1. The first-order chi connectivity index (χ1) is 17.6. The second kappa shape index (κ2) is 11.5. The van der Waals surface area contributed by atoms with E-state index in [-0.39, 0.29) is 36.4 Å². The third kappa shape index (κ3) is 7.36. The van der Waals surface area contributed by atoms with E-state index < -0.39 is 21.6 Å². The van der Waals surface area contributed by atoms with Crippen molar-refractivity contribution >= 4 is 28.0 Å². The normalized spacial score (nSPS) is 19.6. The summed E-state index contributed by atoms with van der Waals surface area (Å²) in [6.07, 6.45) is 4.84. The van der Waals surface area contributed by atoms with Crippen molar-refractivity contribution in [3.63, 3.8) is 0 Å². The number of hydrogen-bond donors (Lipinski definition) is 0. The monoisotopic (exact) mass is 548 g/mol. The molecule has 1 aliphatic heterocycles. The van der Waals surface area contributed by atoms with E-state index in [1.807, 2.05) is 39.8 Å². The molecular formula is C27H37FN4O5S. The second-order valence-corrected chi connectivity index (χ2v) is 12.5. The van der Waals surface area contributed by atoms with Gasteiger partial charge in [-0.05, 0) is 44.0 Å². The molecule has 0 aliphatic carbocycles. The maximum Gasteiger partial charge on any atom is 0.239 e. The Morgan fingerprint density at radius 3 is 2.34 bits per heavy atom. The average molecular weight is 549 g/mol. The summed E-state index contributed by atoms with van der Waals surface area (Å²) in [5.74, 6) is -1.38. The Morgan fingerprint density at radius 1 is 1.16 bits per heavy atom. The number of amides is 1. The van der Waals surface area contributed by atoms with Gasteiger partial charge in [-0.2, -0.15) is 0 Å². The maximum absolute atomic E-state index is 13.7. The van der Waals surface area contributed by atoms with Crippen molar-refractivity contribution in [1.29, 1.82) is 0 Å². The number of carbonyl (C=O) groups is 1. The highest BCUT2D eigenvalue weighted by molar-refractivity contribution is 7.92. The van der Waals surface area contributed by atoms with Crippen LogP contribution in [0.2, 0.25) is 0 Å². The molecule has 11 heteroatoms. The molecule has 1 saturated heterocycles. The van der Waals surface area contributed by atoms with Crippen LogP contribution in [0.1, 0.15) is 57.7 Å². The average Bonchev–Trinajstić information content (AvgIpc) is 2.80. The molecule has 1 aromatic heterocycles. The molecule has 0 spiro atoms. The van der Waals surface area contributed by atoms with Crippen LogP contribution in [-0.4, -0.2) is 74.6 Å². The molecule has 2 unspecified atom stereocenters. The summed E-state index contributed by atoms with van der Waals surface area (Å²) in [4.78, 5) is 23.0. The van der Waals surface area contributed by atoms with Crippen LogP contribution in [0.5, 0.6) is 0 Å². The smallest absolute Gasteiger partial charge is 0.239 e. The SMILES string of the molecule is CC(C)c1nc(N(C)S(C)(=O)=O)nc(-c2ccc(F)cc2)c1C=CC1CC(CC(=O)N(C)C)OC(C)(C)O1. The lowest BCUT2D eigenvalue weighted by molar-refractivity contribution is -0.289. The fourth-order valence-electron chi connectivity index (χ4n) is 4.17. The van der Waals surface area contributed by atoms with Crippen molar-refractivity contribution in [3.8, 4) is 11.3 Å². The minimum Gasteiger partial charge on any atom is -0.349 e. The molecule has 0 N–H and O–H groups in total. The third-order valence-electron chi connectivity index (χ3n) is 6.17. The number of rotatable bonds is 8. The topological polar surface area (TPSA) is 102 Å². The van der Waals surface area contributed by atoms with Crippen LogP contribution in [0.15, 0.2) is 30.3 Å². The zero-order valence-electron chi connectivity index (χ0n) is 23.2. The molecule has 3 rings (SSSR count). The Bertz CT molecular complexity index is 1290. The largest absolute Gasteiger partial charge is 0.349 e. The quantitative estimate of drug-likeness (QED) is 0.487. The predicted octanol–water partition coefficient (Wildman–Crippen LogP) is 4.20. The van der Waals surface area contributed by atoms with E-state index in [1.165, 1.54) is 24.1 Å². The van der Waals surface area contributed by atoms with Crippen molar-refractivity contribution in [1.82, 2.24) is 14.9 Å². The number of nitrogens with zero attached hydrogens (tertiary/aromatic N) is 4. The van der Waals surface area contributed by atoms with Gasteiger partial charge in [0.15, 0.2) is 5.79 Å². The zero-order valence-corrected chi connectivity index (χ0v) is 24.0. The van der Waals surface area contributed by atoms with Crippen molar-refractivity contribution in [2.45, 2.75) is 64.4 Å². The summed E-state index contributed by atoms with van der Waals surface area (Å²) in [5.41, 5.74) is 2.38. The van der Waals surface area contributed by atoms with Crippen LogP contribution in [0.3, 0.4) is 0 Å². The highest BCUT2D eigenvalue weighted by Crippen LogP contribution is 2.34. The predicted molar refractivity (Wildman–Crippen MR) is 146 cm³/mol. The maximum atomic E-state index is 13.7. The Balaban J connectivity index is 2.09. The Hall–Kier alpha value is -2.89. The molecule has 208 valence electrons. The molecule has 2 aromatic rings. The molecule has 1 amide bonds. The lowest BCUT2D eigenvalue weighted by Crippen LogP contribution is -2.45. The van der Waals surface area contributed by atoms with Crippen LogP contribution in [0, 0.1) is 5.82 Å². The van der Waals surface area contributed by atoms with E-state index in [1.54, 1.807) is 26.2 Å². The van der Waals surface area contributed by atoms with Gasteiger partial charge in [-0.25, -0.2) is 27.1 Å². The van der Waals surface area contributed by atoms with Crippen LogP contribution in [-0.2, 0) is 24.3 Å². The van der Waals surface area contributed by atoms with Crippen LogP contribution in [0.4, 0.5) is 10.3 Å². The molecule has 38 heavy (non-hydrogen) atoms. The number of ether oxygens (including phenoxy) is 2. The van der Waals surface area contributed by atoms with Gasteiger partial charge in [0.2, 0.25) is 21.9 Å². The number of benzene rings is 1. The first kappa shape index (κ1) is 29.7. The van der Waals surface area contributed by atoms with Gasteiger partial charge in [0.25, 0.3) is 0 Å². The molecule has 0 bridgehead atoms. The molecular weight excluding hydrogens is 511 g/mol. The highest BCUT2D eigenvalue weighted by Gasteiger charge is 2.35. The Kier molecular flexibility index (Phi) is 8.95. The van der Waals surface area contributed by atoms with Gasteiger partial charge in [-0.1, -0.05) is 26.0 Å². The minimum absolute atomic E-state index is 0.0263. The first-order valence-corrected chi connectivity index (χ1v) is 14.3. The van der Waals surface area contributed by atoms with E-state index in [0.717, 1.165) is 10.6 Å².